The molecule has 27 heavy (non-hydrogen) atoms. The summed E-state index contributed by atoms with van der Waals surface area (Å²) in [6, 6.07) is 10.7. The molecule has 2 rings (SSSR count). The summed E-state index contributed by atoms with van der Waals surface area (Å²) in [6.07, 6.45) is -4.64. The fourth-order valence-corrected chi connectivity index (χ4v) is 2.35. The smallest absolute Gasteiger partial charge is 0.418 e. The molecule has 0 aliphatic heterocycles. The molecule has 0 amide bonds. The molecule has 1 N–H and O–H groups in total. The number of alkyl halides is 3. The van der Waals surface area contributed by atoms with Crippen LogP contribution < -0.4 is 10.3 Å². The lowest BCUT2D eigenvalue weighted by Gasteiger charge is -2.14. The van der Waals surface area contributed by atoms with Gasteiger partial charge in [-0.2, -0.15) is 18.4 Å². The first-order chi connectivity index (χ1) is 12.8. The van der Waals surface area contributed by atoms with E-state index in [9.17, 15) is 23.1 Å². The van der Waals surface area contributed by atoms with Crippen LogP contribution in [-0.4, -0.2) is 29.5 Å². The van der Waals surface area contributed by atoms with Crippen LogP contribution in [0.4, 0.5) is 13.2 Å². The zero-order valence-corrected chi connectivity index (χ0v) is 14.2. The van der Waals surface area contributed by atoms with Crippen molar-refractivity contribution < 1.29 is 27.8 Å². The van der Waals surface area contributed by atoms with Crippen LogP contribution in [0.15, 0.2) is 41.2 Å². The molecule has 1 aromatic carbocycles. The van der Waals surface area contributed by atoms with E-state index in [0.717, 1.165) is 4.57 Å². The van der Waals surface area contributed by atoms with Gasteiger partial charge >= 0.3 is 6.18 Å². The van der Waals surface area contributed by atoms with Gasteiger partial charge in [0, 0.05) is 19.2 Å². The van der Waals surface area contributed by atoms with Gasteiger partial charge in [-0.25, -0.2) is 0 Å². The van der Waals surface area contributed by atoms with E-state index in [1.54, 1.807) is 12.1 Å². The van der Waals surface area contributed by atoms with Crippen molar-refractivity contribution in [3.63, 3.8) is 0 Å². The van der Waals surface area contributed by atoms with Crippen molar-refractivity contribution >= 4 is 0 Å². The molecule has 2 aromatic rings. The second kappa shape index (κ2) is 9.09. The van der Waals surface area contributed by atoms with Crippen LogP contribution in [0.3, 0.4) is 0 Å². The number of nitrogens with zero attached hydrogens (tertiary/aromatic N) is 2. The highest BCUT2D eigenvalue weighted by Gasteiger charge is 2.36. The van der Waals surface area contributed by atoms with Gasteiger partial charge in [0.25, 0.3) is 5.56 Å². The number of aromatic nitrogens is 1. The van der Waals surface area contributed by atoms with Gasteiger partial charge in [-0.05, 0) is 18.6 Å². The van der Waals surface area contributed by atoms with Gasteiger partial charge in [-0.3, -0.25) is 9.36 Å². The number of aromatic hydroxyl groups is 1. The lowest BCUT2D eigenvalue weighted by molar-refractivity contribution is -0.138. The Balaban J connectivity index is 1.86. The van der Waals surface area contributed by atoms with Gasteiger partial charge in [0.1, 0.15) is 24.0 Å². The number of nitriles is 1. The summed E-state index contributed by atoms with van der Waals surface area (Å²) in [6.45, 7) is 0.713. The standard InChI is InChI=1S/C18H17F3N2O4/c19-18(20,21)15-11-16(24)23(17(25)14(15)12-22)7-4-8-26-9-10-27-13-5-2-1-3-6-13/h1-3,5-6,11,25H,4,7-10H2. The van der Waals surface area contributed by atoms with Gasteiger partial charge in [-0.15, -0.1) is 0 Å². The highest BCUT2D eigenvalue weighted by molar-refractivity contribution is 5.46. The Morgan fingerprint density at radius 2 is 1.85 bits per heavy atom. The Labute approximate surface area is 153 Å². The number of hydrogen-bond acceptors (Lipinski definition) is 5. The van der Waals surface area contributed by atoms with E-state index in [1.165, 1.54) is 6.07 Å². The number of halogens is 3. The molecular weight excluding hydrogens is 365 g/mol. The summed E-state index contributed by atoms with van der Waals surface area (Å²) in [5.74, 6) is -0.295. The summed E-state index contributed by atoms with van der Waals surface area (Å²) >= 11 is 0. The molecule has 0 saturated carbocycles. The second-order valence-electron chi connectivity index (χ2n) is 5.48. The lowest BCUT2D eigenvalue weighted by Crippen LogP contribution is -2.24. The average molecular weight is 382 g/mol. The molecule has 0 spiro atoms. The van der Waals surface area contributed by atoms with Crippen molar-refractivity contribution in [1.82, 2.24) is 4.57 Å². The molecule has 0 aliphatic rings. The number of rotatable bonds is 8. The highest BCUT2D eigenvalue weighted by atomic mass is 19.4. The van der Waals surface area contributed by atoms with E-state index in [0.29, 0.717) is 18.4 Å². The highest BCUT2D eigenvalue weighted by Crippen LogP contribution is 2.34. The number of hydrogen-bond donors (Lipinski definition) is 1. The van der Waals surface area contributed by atoms with E-state index < -0.39 is 28.7 Å². The monoisotopic (exact) mass is 382 g/mol. The Kier molecular flexibility index (Phi) is 6.85. The quantitative estimate of drug-likeness (QED) is 0.710. The lowest BCUT2D eigenvalue weighted by atomic mass is 10.1. The maximum atomic E-state index is 12.8. The molecule has 0 bridgehead atoms. The van der Waals surface area contributed by atoms with Gasteiger partial charge in [0.2, 0.25) is 5.88 Å². The van der Waals surface area contributed by atoms with Crippen molar-refractivity contribution in [2.24, 2.45) is 0 Å². The summed E-state index contributed by atoms with van der Waals surface area (Å²) in [7, 11) is 0. The largest absolute Gasteiger partial charge is 0.493 e. The Morgan fingerprint density at radius 3 is 2.48 bits per heavy atom. The van der Waals surface area contributed by atoms with Crippen LogP contribution in [0.1, 0.15) is 17.5 Å². The van der Waals surface area contributed by atoms with E-state index in [1.807, 2.05) is 18.2 Å². The minimum Gasteiger partial charge on any atom is -0.493 e. The fraction of sp³-hybridized carbons (Fsp3) is 0.333. The number of ether oxygens (including phenoxy) is 2. The van der Waals surface area contributed by atoms with Gasteiger partial charge in [0.15, 0.2) is 0 Å². The van der Waals surface area contributed by atoms with Crippen molar-refractivity contribution in [3.05, 3.63) is 57.9 Å². The zero-order valence-electron chi connectivity index (χ0n) is 14.2. The van der Waals surface area contributed by atoms with Crippen molar-refractivity contribution in [2.45, 2.75) is 19.1 Å². The Morgan fingerprint density at radius 1 is 1.15 bits per heavy atom. The summed E-state index contributed by atoms with van der Waals surface area (Å²) in [5.41, 5.74) is -3.46. The molecule has 0 unspecified atom stereocenters. The Hall–Kier alpha value is -2.99. The van der Waals surface area contributed by atoms with Gasteiger partial charge in [-0.1, -0.05) is 18.2 Å². The number of para-hydroxylation sites is 1. The molecule has 9 heteroatoms. The summed E-state index contributed by atoms with van der Waals surface area (Å²) < 4.78 is 50.0. The SMILES string of the molecule is N#Cc1c(C(F)(F)F)cc(=O)n(CCCOCCOc2ccccc2)c1O. The first-order valence-corrected chi connectivity index (χ1v) is 8.04. The van der Waals surface area contributed by atoms with Crippen LogP contribution in [0.2, 0.25) is 0 Å². The van der Waals surface area contributed by atoms with Gasteiger partial charge < -0.3 is 14.6 Å². The maximum absolute atomic E-state index is 12.8. The summed E-state index contributed by atoms with van der Waals surface area (Å²) in [5, 5.41) is 18.7. The molecule has 144 valence electrons. The molecule has 6 nitrogen and oxygen atoms in total. The van der Waals surface area contributed by atoms with E-state index in [-0.39, 0.29) is 26.2 Å². The minimum absolute atomic E-state index is 0.0863. The molecular formula is C18H17F3N2O4. The van der Waals surface area contributed by atoms with Crippen LogP contribution in [0.5, 0.6) is 11.6 Å². The topological polar surface area (TPSA) is 84.5 Å². The number of pyridine rings is 1. The molecule has 0 saturated heterocycles. The zero-order chi connectivity index (χ0) is 19.9. The normalized spacial score (nSPS) is 11.2. The predicted octanol–water partition coefficient (Wildman–Crippen LogP) is 2.93. The molecule has 1 heterocycles. The van der Waals surface area contributed by atoms with Crippen molar-refractivity contribution in [1.29, 1.82) is 5.26 Å². The van der Waals surface area contributed by atoms with Crippen molar-refractivity contribution in [3.8, 4) is 17.7 Å². The molecule has 0 aliphatic carbocycles. The predicted molar refractivity (Wildman–Crippen MR) is 89.5 cm³/mol. The van der Waals surface area contributed by atoms with Crippen LogP contribution in [0.25, 0.3) is 0 Å². The maximum Gasteiger partial charge on any atom is 0.418 e. The third-order valence-electron chi connectivity index (χ3n) is 3.61. The van der Waals surface area contributed by atoms with E-state index >= 15 is 0 Å². The molecule has 0 fully saturated rings. The third-order valence-corrected chi connectivity index (χ3v) is 3.61. The van der Waals surface area contributed by atoms with Gasteiger partial charge in [0.05, 0.1) is 12.2 Å². The van der Waals surface area contributed by atoms with Crippen LogP contribution in [0, 0.1) is 11.3 Å². The third kappa shape index (κ3) is 5.49. The minimum atomic E-state index is -4.90. The number of benzene rings is 1. The second-order valence-corrected chi connectivity index (χ2v) is 5.48. The van der Waals surface area contributed by atoms with Crippen LogP contribution >= 0.6 is 0 Å². The molecule has 0 atom stereocenters. The van der Waals surface area contributed by atoms with E-state index in [4.69, 9.17) is 14.7 Å². The first kappa shape index (κ1) is 20.3. The average Bonchev–Trinajstić information content (AvgIpc) is 2.63. The van der Waals surface area contributed by atoms with E-state index in [2.05, 4.69) is 0 Å². The van der Waals surface area contributed by atoms with Crippen molar-refractivity contribution in [2.75, 3.05) is 19.8 Å². The Bertz CT molecular complexity index is 858. The molecule has 0 radical (unpaired) electrons. The summed E-state index contributed by atoms with van der Waals surface area (Å²) in [4.78, 5) is 11.8. The molecule has 1 aromatic heterocycles. The fourth-order valence-electron chi connectivity index (χ4n) is 2.35. The van der Waals surface area contributed by atoms with Crippen LogP contribution in [-0.2, 0) is 17.5 Å². The first-order valence-electron chi connectivity index (χ1n) is 8.04.